The van der Waals surface area contributed by atoms with Crippen LogP contribution in [0.2, 0.25) is 0 Å². The van der Waals surface area contributed by atoms with Gasteiger partial charge in [-0.05, 0) is 11.8 Å². The molecule has 0 saturated heterocycles. The second kappa shape index (κ2) is 7.67. The molecule has 0 N–H and O–H groups in total. The van der Waals surface area contributed by atoms with Gasteiger partial charge in [-0.2, -0.15) is 0 Å². The zero-order valence-corrected chi connectivity index (χ0v) is 8.96. The van der Waals surface area contributed by atoms with Crippen LogP contribution in [0.5, 0.6) is 0 Å². The van der Waals surface area contributed by atoms with Gasteiger partial charge in [0, 0.05) is 46.9 Å². The zero-order chi connectivity index (χ0) is 4.99. The van der Waals surface area contributed by atoms with E-state index in [0.717, 1.165) is 0 Å². The third kappa shape index (κ3) is 7.67. The molecule has 0 bridgehead atoms. The molecule has 0 aliphatic rings. The molecule has 0 aromatic heterocycles. The standard InChI is InChI=1S/C2H7O2PS.Y/c1-3-5(6)4-2;/h5H,1-2H3;. The minimum Gasteiger partial charge on any atom is -0.335 e. The van der Waals surface area contributed by atoms with Crippen LogP contribution < -0.4 is 0 Å². The van der Waals surface area contributed by atoms with Gasteiger partial charge in [-0.1, -0.05) is 0 Å². The molecular formula is C2H7O2PSY. The van der Waals surface area contributed by atoms with E-state index in [9.17, 15) is 0 Å². The van der Waals surface area contributed by atoms with Crippen molar-refractivity contribution < 1.29 is 41.8 Å². The zero-order valence-electron chi connectivity index (χ0n) is 4.30. The third-order valence-electron chi connectivity index (χ3n) is 0.333. The van der Waals surface area contributed by atoms with Gasteiger partial charge in [0.1, 0.15) is 0 Å². The smallest absolute Gasteiger partial charge is 0.175 e. The summed E-state index contributed by atoms with van der Waals surface area (Å²) in [6.07, 6.45) is 0. The molecule has 0 aromatic rings. The van der Waals surface area contributed by atoms with E-state index >= 15 is 0 Å². The Morgan fingerprint density at radius 3 is 1.57 bits per heavy atom. The van der Waals surface area contributed by atoms with Gasteiger partial charge in [0.05, 0.1) is 0 Å². The Morgan fingerprint density at radius 2 is 1.57 bits per heavy atom. The molecule has 0 heterocycles. The molecule has 0 saturated carbocycles. The quantitative estimate of drug-likeness (QED) is 0.634. The average Bonchev–Trinajstić information content (AvgIpc) is 1.65. The molecule has 0 aliphatic heterocycles. The monoisotopic (exact) mass is 215 g/mol. The Morgan fingerprint density at radius 1 is 1.29 bits per heavy atom. The molecule has 1 radical (unpaired) electrons. The number of hydrogen-bond acceptors (Lipinski definition) is 3. The van der Waals surface area contributed by atoms with E-state index in [1.807, 2.05) is 0 Å². The molecule has 0 spiro atoms. The molecule has 0 atom stereocenters. The molecular weight excluding hydrogens is 208 g/mol. The minimum absolute atomic E-state index is 0. The molecule has 0 aromatic carbocycles. The van der Waals surface area contributed by atoms with Crippen LogP contribution in [-0.2, 0) is 53.6 Å². The first-order valence-corrected chi connectivity index (χ1v) is 3.88. The van der Waals surface area contributed by atoms with Crippen molar-refractivity contribution in [1.82, 2.24) is 0 Å². The summed E-state index contributed by atoms with van der Waals surface area (Å²) in [6, 6.07) is 0. The maximum Gasteiger partial charge on any atom is 0.175 e. The van der Waals surface area contributed by atoms with Gasteiger partial charge in [-0.25, -0.2) is 0 Å². The first-order valence-electron chi connectivity index (χ1n) is 1.43. The molecule has 5 heteroatoms. The van der Waals surface area contributed by atoms with Crippen molar-refractivity contribution in [2.24, 2.45) is 0 Å². The summed E-state index contributed by atoms with van der Waals surface area (Å²) < 4.78 is 9.19. The summed E-state index contributed by atoms with van der Waals surface area (Å²) in [4.78, 5) is 0. The van der Waals surface area contributed by atoms with Gasteiger partial charge in [-0.3, -0.25) is 0 Å². The van der Waals surface area contributed by atoms with Crippen LogP contribution in [0.15, 0.2) is 0 Å². The van der Waals surface area contributed by atoms with Crippen molar-refractivity contribution in [2.45, 2.75) is 0 Å². The maximum absolute atomic E-state index is 4.60. The predicted octanol–water partition coefficient (Wildman–Crippen LogP) is 0.783. The largest absolute Gasteiger partial charge is 0.335 e. The SMILES string of the molecule is CO[PH](=S)OC.[Y]. The van der Waals surface area contributed by atoms with E-state index in [4.69, 9.17) is 0 Å². The van der Waals surface area contributed by atoms with Crippen LogP contribution in [0.3, 0.4) is 0 Å². The van der Waals surface area contributed by atoms with Crippen molar-refractivity contribution in [3.8, 4) is 0 Å². The molecule has 41 valence electrons. The summed E-state index contributed by atoms with van der Waals surface area (Å²) in [7, 11) is 1.81. The molecule has 7 heavy (non-hydrogen) atoms. The molecule has 0 rings (SSSR count). The Hall–Kier alpha value is 1.67. The maximum atomic E-state index is 4.60. The van der Waals surface area contributed by atoms with Crippen LogP contribution >= 0.6 is 7.15 Å². The fourth-order valence-electron chi connectivity index (χ4n) is 0.0833. The topological polar surface area (TPSA) is 18.5 Å². The summed E-state index contributed by atoms with van der Waals surface area (Å²) in [5, 5.41) is 0. The second-order valence-electron chi connectivity index (χ2n) is 0.658. The van der Waals surface area contributed by atoms with Crippen molar-refractivity contribution in [1.29, 1.82) is 0 Å². The number of hydrogen-bond donors (Lipinski definition) is 0. The normalized spacial score (nSPS) is 8.43. The molecule has 0 amide bonds. The van der Waals surface area contributed by atoms with E-state index in [1.54, 1.807) is 14.2 Å². The van der Waals surface area contributed by atoms with E-state index < -0.39 is 7.15 Å². The summed E-state index contributed by atoms with van der Waals surface area (Å²) in [6.45, 7) is 0. The summed E-state index contributed by atoms with van der Waals surface area (Å²) in [5.74, 6) is 0. The summed E-state index contributed by atoms with van der Waals surface area (Å²) >= 11 is 4.60. The van der Waals surface area contributed by atoms with Gasteiger partial charge in [0.2, 0.25) is 0 Å². The van der Waals surface area contributed by atoms with Crippen molar-refractivity contribution in [3.05, 3.63) is 0 Å². The predicted molar refractivity (Wildman–Crippen MR) is 29.7 cm³/mol. The number of rotatable bonds is 2. The fourth-order valence-corrected chi connectivity index (χ4v) is 0.250. The third-order valence-corrected chi connectivity index (χ3v) is 2.00. The van der Waals surface area contributed by atoms with Crippen molar-refractivity contribution in [3.63, 3.8) is 0 Å². The molecule has 0 unspecified atom stereocenters. The Kier molecular flexibility index (Phi) is 12.6. The molecule has 0 aliphatic carbocycles. The van der Waals surface area contributed by atoms with E-state index in [0.29, 0.717) is 0 Å². The van der Waals surface area contributed by atoms with Gasteiger partial charge >= 0.3 is 0 Å². The van der Waals surface area contributed by atoms with E-state index in [1.165, 1.54) is 0 Å². The van der Waals surface area contributed by atoms with E-state index in [-0.39, 0.29) is 32.7 Å². The van der Waals surface area contributed by atoms with Gasteiger partial charge in [0.15, 0.2) is 7.15 Å². The Balaban J connectivity index is 0. The van der Waals surface area contributed by atoms with Gasteiger partial charge in [0.25, 0.3) is 0 Å². The average molecular weight is 215 g/mol. The Labute approximate surface area is 74.4 Å². The molecule has 0 fully saturated rings. The van der Waals surface area contributed by atoms with Crippen LogP contribution in [0.4, 0.5) is 0 Å². The first-order chi connectivity index (χ1) is 2.81. The van der Waals surface area contributed by atoms with Crippen LogP contribution in [0.25, 0.3) is 0 Å². The minimum atomic E-state index is -1.28. The Bertz CT molecular complexity index is 53.7. The van der Waals surface area contributed by atoms with Crippen molar-refractivity contribution >= 4 is 19.0 Å². The van der Waals surface area contributed by atoms with Crippen LogP contribution in [-0.4, -0.2) is 14.2 Å². The fraction of sp³-hybridized carbons (Fsp3) is 1.00. The summed E-state index contributed by atoms with van der Waals surface area (Å²) in [5.41, 5.74) is 0. The molecule has 2 nitrogen and oxygen atoms in total. The van der Waals surface area contributed by atoms with Crippen LogP contribution in [0, 0.1) is 0 Å². The van der Waals surface area contributed by atoms with Crippen molar-refractivity contribution in [2.75, 3.05) is 14.2 Å². The second-order valence-corrected chi connectivity index (χ2v) is 2.97. The van der Waals surface area contributed by atoms with E-state index in [2.05, 4.69) is 20.9 Å². The van der Waals surface area contributed by atoms with Gasteiger partial charge < -0.3 is 9.05 Å². The van der Waals surface area contributed by atoms with Crippen LogP contribution in [0.1, 0.15) is 0 Å². The first kappa shape index (κ1) is 11.5. The van der Waals surface area contributed by atoms with Gasteiger partial charge in [-0.15, -0.1) is 0 Å².